The fourth-order valence-electron chi connectivity index (χ4n) is 0.829. The molecule has 2 nitrogen and oxygen atoms in total. The second-order valence-corrected chi connectivity index (χ2v) is 3.48. The Bertz CT molecular complexity index is 294. The molecule has 0 fully saturated rings. The van der Waals surface area contributed by atoms with Crippen molar-refractivity contribution in [1.29, 1.82) is 0 Å². The second kappa shape index (κ2) is 3.84. The predicted octanol–water partition coefficient (Wildman–Crippen LogP) is 1.79. The summed E-state index contributed by atoms with van der Waals surface area (Å²) in [6.45, 7) is 0. The van der Waals surface area contributed by atoms with Crippen LogP contribution in [0.4, 0.5) is 4.39 Å². The van der Waals surface area contributed by atoms with E-state index in [0.717, 1.165) is 0 Å². The number of amides is 1. The third kappa shape index (κ3) is 2.17. The first-order valence-corrected chi connectivity index (χ1v) is 4.39. The predicted molar refractivity (Wildman–Crippen MR) is 52.5 cm³/mol. The lowest BCUT2D eigenvalue weighted by atomic mass is 10.2. The van der Waals surface area contributed by atoms with Crippen molar-refractivity contribution in [2.24, 2.45) is 0 Å². The number of rotatable bonds is 1. The van der Waals surface area contributed by atoms with E-state index in [-0.39, 0.29) is 11.7 Å². The van der Waals surface area contributed by atoms with Gasteiger partial charge < -0.3 is 5.32 Å². The molecule has 0 aliphatic rings. The minimum atomic E-state index is -0.388. The van der Waals surface area contributed by atoms with Crippen LogP contribution in [0.15, 0.2) is 18.2 Å². The van der Waals surface area contributed by atoms with E-state index in [0.29, 0.717) is 9.13 Å². The molecule has 0 saturated heterocycles. The summed E-state index contributed by atoms with van der Waals surface area (Å²) < 4.78 is 13.5. The van der Waals surface area contributed by atoms with Crippen LogP contribution in [0, 0.1) is 9.39 Å². The quantitative estimate of drug-likeness (QED) is 0.780. The van der Waals surface area contributed by atoms with Crippen molar-refractivity contribution in [3.05, 3.63) is 33.1 Å². The smallest absolute Gasteiger partial charge is 0.251 e. The third-order valence-electron chi connectivity index (χ3n) is 1.35. The van der Waals surface area contributed by atoms with Crippen LogP contribution in [0.25, 0.3) is 0 Å². The van der Waals surface area contributed by atoms with E-state index in [4.69, 9.17) is 0 Å². The van der Waals surface area contributed by atoms with Gasteiger partial charge in [0.25, 0.3) is 5.91 Å². The largest absolute Gasteiger partial charge is 0.355 e. The van der Waals surface area contributed by atoms with Gasteiger partial charge in [0.2, 0.25) is 0 Å². The van der Waals surface area contributed by atoms with Gasteiger partial charge in [0.05, 0.1) is 0 Å². The molecule has 1 N–H and O–H groups in total. The molecular weight excluding hydrogens is 272 g/mol. The Labute approximate surface area is 83.3 Å². The number of hydrogen-bond donors (Lipinski definition) is 1. The zero-order valence-corrected chi connectivity index (χ0v) is 8.55. The van der Waals surface area contributed by atoms with Gasteiger partial charge in [-0.15, -0.1) is 0 Å². The van der Waals surface area contributed by atoms with Crippen molar-refractivity contribution < 1.29 is 9.18 Å². The summed E-state index contributed by atoms with van der Waals surface area (Å²) in [5.74, 6) is -0.659. The molecule has 0 saturated carbocycles. The lowest BCUT2D eigenvalue weighted by molar-refractivity contribution is 0.0962. The van der Waals surface area contributed by atoms with Crippen molar-refractivity contribution in [2.45, 2.75) is 0 Å². The van der Waals surface area contributed by atoms with Crippen LogP contribution >= 0.6 is 22.6 Å². The van der Waals surface area contributed by atoms with E-state index in [1.807, 2.05) is 22.6 Å². The van der Waals surface area contributed by atoms with Gasteiger partial charge in [0.15, 0.2) is 0 Å². The minimum absolute atomic E-state index is 0.271. The Kier molecular flexibility index (Phi) is 3.02. The Hall–Kier alpha value is -0.650. The lowest BCUT2D eigenvalue weighted by Crippen LogP contribution is -2.17. The van der Waals surface area contributed by atoms with Crippen LogP contribution in [0.5, 0.6) is 0 Å². The Morgan fingerprint density at radius 3 is 2.67 bits per heavy atom. The third-order valence-corrected chi connectivity index (χ3v) is 1.97. The number of carbonyl (C=O) groups is 1. The molecule has 1 amide bonds. The zero-order valence-electron chi connectivity index (χ0n) is 6.40. The summed E-state index contributed by atoms with van der Waals surface area (Å²) in [7, 11) is 1.51. The summed E-state index contributed by atoms with van der Waals surface area (Å²) in [4.78, 5) is 11.0. The van der Waals surface area contributed by atoms with Crippen molar-refractivity contribution in [1.82, 2.24) is 5.32 Å². The molecule has 0 aromatic heterocycles. The van der Waals surface area contributed by atoms with E-state index < -0.39 is 0 Å². The van der Waals surface area contributed by atoms with Crippen LogP contribution in [-0.2, 0) is 0 Å². The highest BCUT2D eigenvalue weighted by atomic mass is 127. The Morgan fingerprint density at radius 2 is 2.17 bits per heavy atom. The molecule has 64 valence electrons. The van der Waals surface area contributed by atoms with Crippen molar-refractivity contribution in [2.75, 3.05) is 7.05 Å². The number of benzene rings is 1. The zero-order chi connectivity index (χ0) is 9.14. The molecule has 1 aromatic carbocycles. The number of carbonyl (C=O) groups excluding carboxylic acids is 1. The fourth-order valence-corrected chi connectivity index (χ4v) is 1.46. The SMILES string of the molecule is CNC(=O)c1cc(F)cc(I)c1. The van der Waals surface area contributed by atoms with Crippen molar-refractivity contribution >= 4 is 28.5 Å². The minimum Gasteiger partial charge on any atom is -0.355 e. The fraction of sp³-hybridized carbons (Fsp3) is 0.125. The van der Waals surface area contributed by atoms with Gasteiger partial charge >= 0.3 is 0 Å². The highest BCUT2D eigenvalue weighted by Gasteiger charge is 2.05. The van der Waals surface area contributed by atoms with Crippen LogP contribution in [-0.4, -0.2) is 13.0 Å². The molecule has 4 heteroatoms. The van der Waals surface area contributed by atoms with E-state index in [2.05, 4.69) is 5.32 Å². The summed E-state index contributed by atoms with van der Waals surface area (Å²) in [6, 6.07) is 4.20. The van der Waals surface area contributed by atoms with Crippen LogP contribution in [0.2, 0.25) is 0 Å². The van der Waals surface area contributed by atoms with E-state index in [1.165, 1.54) is 19.2 Å². The molecule has 0 unspecified atom stereocenters. The highest BCUT2D eigenvalue weighted by molar-refractivity contribution is 14.1. The maximum absolute atomic E-state index is 12.7. The summed E-state index contributed by atoms with van der Waals surface area (Å²) in [6.07, 6.45) is 0. The molecule has 0 spiro atoms. The normalized spacial score (nSPS) is 9.58. The summed E-state index contributed by atoms with van der Waals surface area (Å²) >= 11 is 1.96. The second-order valence-electron chi connectivity index (χ2n) is 2.24. The molecule has 0 aliphatic heterocycles. The van der Waals surface area contributed by atoms with Crippen LogP contribution in [0.3, 0.4) is 0 Å². The van der Waals surface area contributed by atoms with Crippen LogP contribution < -0.4 is 5.32 Å². The first-order valence-electron chi connectivity index (χ1n) is 3.31. The first kappa shape index (κ1) is 9.44. The molecule has 0 aliphatic carbocycles. The molecule has 0 heterocycles. The average Bonchev–Trinajstić information content (AvgIpc) is 2.01. The lowest BCUT2D eigenvalue weighted by Gasteiger charge is -2.00. The van der Waals surface area contributed by atoms with Crippen molar-refractivity contribution in [3.8, 4) is 0 Å². The van der Waals surface area contributed by atoms with Gasteiger partial charge in [-0.05, 0) is 40.8 Å². The van der Waals surface area contributed by atoms with Gasteiger partial charge in [-0.3, -0.25) is 4.79 Å². The van der Waals surface area contributed by atoms with Gasteiger partial charge in [-0.1, -0.05) is 0 Å². The molecule has 0 radical (unpaired) electrons. The van der Waals surface area contributed by atoms with E-state index in [9.17, 15) is 9.18 Å². The maximum Gasteiger partial charge on any atom is 0.251 e. The highest BCUT2D eigenvalue weighted by Crippen LogP contribution is 2.10. The monoisotopic (exact) mass is 279 g/mol. The standard InChI is InChI=1S/C8H7FINO/c1-11-8(12)5-2-6(9)4-7(10)3-5/h2-4H,1H3,(H,11,12). The van der Waals surface area contributed by atoms with E-state index >= 15 is 0 Å². The van der Waals surface area contributed by atoms with Crippen molar-refractivity contribution in [3.63, 3.8) is 0 Å². The van der Waals surface area contributed by atoms with Gasteiger partial charge in [-0.2, -0.15) is 0 Å². The molecular formula is C8H7FINO. The number of halogens is 2. The Balaban J connectivity index is 3.08. The number of nitrogens with one attached hydrogen (secondary N) is 1. The maximum atomic E-state index is 12.7. The molecule has 0 bridgehead atoms. The van der Waals surface area contributed by atoms with Gasteiger partial charge in [0.1, 0.15) is 5.82 Å². The van der Waals surface area contributed by atoms with Crippen LogP contribution in [0.1, 0.15) is 10.4 Å². The molecule has 12 heavy (non-hydrogen) atoms. The topological polar surface area (TPSA) is 29.1 Å². The molecule has 1 rings (SSSR count). The molecule has 1 aromatic rings. The van der Waals surface area contributed by atoms with Gasteiger partial charge in [-0.25, -0.2) is 4.39 Å². The first-order chi connectivity index (χ1) is 5.63. The number of hydrogen-bond acceptors (Lipinski definition) is 1. The Morgan fingerprint density at radius 1 is 1.50 bits per heavy atom. The summed E-state index contributed by atoms with van der Waals surface area (Å²) in [5, 5.41) is 2.43. The molecule has 0 atom stereocenters. The summed E-state index contributed by atoms with van der Waals surface area (Å²) in [5.41, 5.74) is 0.349. The van der Waals surface area contributed by atoms with Gasteiger partial charge in [0, 0.05) is 16.2 Å². The van der Waals surface area contributed by atoms with E-state index in [1.54, 1.807) is 6.07 Å². The average molecular weight is 279 g/mol.